The second-order valence-electron chi connectivity index (χ2n) is 7.08. The standard InChI is InChI=1S/C19H14N4O4S3/c24-16-10(20-15(22-16)14-17(25)23-19(28)30-14)3-8(7-1-2-7)18-21-9-4-11-12(27-6-26-11)5-13(9)29-18/h3-5,7,24-25H,1-2,6H2,(H,20,22)(H,23,28). The largest absolute Gasteiger partial charge is 0.493 e. The molecule has 30 heavy (non-hydrogen) atoms. The number of nitrogens with one attached hydrogen (secondary N) is 2. The topological polar surface area (TPSA) is 116 Å². The fourth-order valence-corrected chi connectivity index (χ4v) is 5.50. The van der Waals surface area contributed by atoms with Gasteiger partial charge in [-0.1, -0.05) is 11.3 Å². The highest BCUT2D eigenvalue weighted by Gasteiger charge is 2.30. The van der Waals surface area contributed by atoms with Crippen molar-refractivity contribution in [3.8, 4) is 34.0 Å². The minimum absolute atomic E-state index is 0.0691. The number of nitrogens with zero attached hydrogens (tertiary/aromatic N) is 2. The van der Waals surface area contributed by atoms with Crippen LogP contribution in [0.4, 0.5) is 0 Å². The van der Waals surface area contributed by atoms with E-state index in [1.165, 1.54) is 11.3 Å². The van der Waals surface area contributed by atoms with Crippen molar-refractivity contribution in [1.29, 1.82) is 0 Å². The number of aromatic amines is 2. The summed E-state index contributed by atoms with van der Waals surface area (Å²) >= 11 is 7.83. The van der Waals surface area contributed by atoms with Crippen LogP contribution in [0.15, 0.2) is 12.1 Å². The summed E-state index contributed by atoms with van der Waals surface area (Å²) in [6.45, 7) is 0.235. The fraction of sp³-hybridized carbons (Fsp3) is 0.211. The molecule has 0 unspecified atom stereocenters. The molecular formula is C19H14N4O4S3. The predicted octanol–water partition coefficient (Wildman–Crippen LogP) is 4.90. The highest BCUT2D eigenvalue weighted by Crippen LogP contribution is 2.47. The van der Waals surface area contributed by atoms with Gasteiger partial charge in [-0.15, -0.1) is 11.3 Å². The van der Waals surface area contributed by atoms with Gasteiger partial charge in [0.15, 0.2) is 21.3 Å². The molecule has 3 aromatic heterocycles. The van der Waals surface area contributed by atoms with Crippen molar-refractivity contribution in [2.45, 2.75) is 12.8 Å². The Morgan fingerprint density at radius 3 is 2.67 bits per heavy atom. The number of ether oxygens (including phenoxy) is 2. The summed E-state index contributed by atoms with van der Waals surface area (Å²) in [5, 5.41) is 21.3. The number of hydrogen-bond donors (Lipinski definition) is 4. The number of aromatic nitrogens is 4. The number of hydrogen-bond acceptors (Lipinski definition) is 9. The second kappa shape index (κ2) is 6.56. The van der Waals surface area contributed by atoms with Gasteiger partial charge in [0.2, 0.25) is 18.6 Å². The maximum absolute atomic E-state index is 10.4. The summed E-state index contributed by atoms with van der Waals surface area (Å²) in [4.78, 5) is 15.2. The van der Waals surface area contributed by atoms with Gasteiger partial charge >= 0.3 is 0 Å². The molecule has 0 atom stereocenters. The third-order valence-corrected chi connectivity index (χ3v) is 7.30. The van der Waals surface area contributed by atoms with Crippen molar-refractivity contribution in [3.05, 3.63) is 26.8 Å². The van der Waals surface area contributed by atoms with Crippen LogP contribution < -0.4 is 9.47 Å². The second-order valence-corrected chi connectivity index (χ2v) is 9.80. The molecule has 6 rings (SSSR count). The van der Waals surface area contributed by atoms with Crippen molar-refractivity contribution in [3.63, 3.8) is 0 Å². The average molecular weight is 459 g/mol. The first-order valence-electron chi connectivity index (χ1n) is 9.19. The predicted molar refractivity (Wildman–Crippen MR) is 117 cm³/mol. The van der Waals surface area contributed by atoms with Gasteiger partial charge in [0.1, 0.15) is 15.6 Å². The summed E-state index contributed by atoms with van der Waals surface area (Å²) in [7, 11) is 0. The molecule has 0 spiro atoms. The van der Waals surface area contributed by atoms with E-state index in [0.717, 1.165) is 39.4 Å². The number of thiazole rings is 2. The van der Waals surface area contributed by atoms with Crippen LogP contribution in [-0.4, -0.2) is 36.9 Å². The van der Waals surface area contributed by atoms with Crippen molar-refractivity contribution >= 4 is 56.8 Å². The molecule has 1 saturated carbocycles. The summed E-state index contributed by atoms with van der Waals surface area (Å²) < 4.78 is 12.4. The Balaban J connectivity index is 1.43. The monoisotopic (exact) mass is 458 g/mol. The van der Waals surface area contributed by atoms with E-state index in [2.05, 4.69) is 15.0 Å². The van der Waals surface area contributed by atoms with Crippen molar-refractivity contribution in [1.82, 2.24) is 19.9 Å². The molecule has 8 nitrogen and oxygen atoms in total. The lowest BCUT2D eigenvalue weighted by molar-refractivity contribution is 0.174. The van der Waals surface area contributed by atoms with Gasteiger partial charge in [0.05, 0.1) is 10.2 Å². The zero-order valence-corrected chi connectivity index (χ0v) is 17.7. The SMILES string of the molecule is Oc1nc(-c2sc(=S)[nH]c2O)[nH]c1C=C(c1nc2cc3c(cc2s1)OCO3)C1CC1. The highest BCUT2D eigenvalue weighted by atomic mass is 32.1. The number of rotatable bonds is 4. The first kappa shape index (κ1) is 17.9. The van der Waals surface area contributed by atoms with E-state index in [1.54, 1.807) is 11.3 Å². The number of imidazole rings is 1. The van der Waals surface area contributed by atoms with Crippen LogP contribution >= 0.6 is 34.9 Å². The molecule has 1 aromatic carbocycles. The van der Waals surface area contributed by atoms with Gasteiger partial charge in [0.25, 0.3) is 0 Å². The van der Waals surface area contributed by atoms with E-state index in [-0.39, 0.29) is 18.6 Å². The number of fused-ring (bicyclic) bond motifs is 2. The molecule has 152 valence electrons. The first-order valence-corrected chi connectivity index (χ1v) is 11.2. The summed E-state index contributed by atoms with van der Waals surface area (Å²) in [6, 6.07) is 3.86. The quantitative estimate of drug-likeness (QED) is 0.322. The van der Waals surface area contributed by atoms with Crippen molar-refractivity contribution in [2.24, 2.45) is 5.92 Å². The summed E-state index contributed by atoms with van der Waals surface area (Å²) in [5.41, 5.74) is 2.38. The minimum Gasteiger partial charge on any atom is -0.493 e. The summed E-state index contributed by atoms with van der Waals surface area (Å²) in [6.07, 6.45) is 4.04. The number of benzene rings is 1. The van der Waals surface area contributed by atoms with E-state index in [1.807, 2.05) is 18.2 Å². The molecule has 0 saturated heterocycles. The van der Waals surface area contributed by atoms with E-state index < -0.39 is 0 Å². The van der Waals surface area contributed by atoms with Crippen LogP contribution in [-0.2, 0) is 0 Å². The number of allylic oxidation sites excluding steroid dienone is 1. The molecule has 1 fully saturated rings. The van der Waals surface area contributed by atoms with Crippen LogP contribution in [0, 0.1) is 9.87 Å². The summed E-state index contributed by atoms with van der Waals surface area (Å²) in [5.74, 6) is 1.99. The van der Waals surface area contributed by atoms with Gasteiger partial charge in [-0.3, -0.25) is 0 Å². The van der Waals surface area contributed by atoms with Crippen LogP contribution in [0.2, 0.25) is 0 Å². The Labute approximate surface area is 182 Å². The Bertz CT molecular complexity index is 1350. The molecule has 1 aliphatic heterocycles. The molecule has 4 N–H and O–H groups in total. The smallest absolute Gasteiger partial charge is 0.237 e. The zero-order chi connectivity index (χ0) is 20.4. The molecule has 0 amide bonds. The van der Waals surface area contributed by atoms with E-state index >= 15 is 0 Å². The highest BCUT2D eigenvalue weighted by molar-refractivity contribution is 7.73. The van der Waals surface area contributed by atoms with E-state index in [0.29, 0.717) is 32.0 Å². The lowest BCUT2D eigenvalue weighted by atomic mass is 10.1. The van der Waals surface area contributed by atoms with Crippen molar-refractivity contribution in [2.75, 3.05) is 6.79 Å². The maximum Gasteiger partial charge on any atom is 0.237 e. The lowest BCUT2D eigenvalue weighted by Crippen LogP contribution is -1.92. The number of H-pyrrole nitrogens is 2. The van der Waals surface area contributed by atoms with E-state index in [9.17, 15) is 10.2 Å². The van der Waals surface area contributed by atoms with Crippen molar-refractivity contribution < 1.29 is 19.7 Å². The van der Waals surface area contributed by atoms with Gasteiger partial charge in [-0.05, 0) is 42.6 Å². The first-order chi connectivity index (χ1) is 14.5. The van der Waals surface area contributed by atoms with Crippen LogP contribution in [0.3, 0.4) is 0 Å². The average Bonchev–Trinajstić information content (AvgIpc) is 3.00. The van der Waals surface area contributed by atoms with Crippen LogP contribution in [0.1, 0.15) is 23.5 Å². The Kier molecular flexibility index (Phi) is 3.92. The lowest BCUT2D eigenvalue weighted by Gasteiger charge is -2.01. The zero-order valence-electron chi connectivity index (χ0n) is 15.3. The van der Waals surface area contributed by atoms with E-state index in [4.69, 9.17) is 26.7 Å². The van der Waals surface area contributed by atoms with Gasteiger partial charge in [0, 0.05) is 12.1 Å². The molecule has 2 aliphatic rings. The number of aromatic hydroxyl groups is 2. The molecular weight excluding hydrogens is 444 g/mol. The normalized spacial score (nSPS) is 15.9. The molecule has 11 heteroatoms. The third kappa shape index (κ3) is 2.97. The molecule has 4 heterocycles. The maximum atomic E-state index is 10.4. The van der Waals surface area contributed by atoms with Crippen LogP contribution in [0.5, 0.6) is 23.3 Å². The van der Waals surface area contributed by atoms with Gasteiger partial charge in [-0.25, -0.2) is 4.98 Å². The third-order valence-electron chi connectivity index (χ3n) is 5.00. The molecule has 4 aromatic rings. The minimum atomic E-state index is -0.135. The Hall–Kier alpha value is -2.89. The van der Waals surface area contributed by atoms with Gasteiger partial charge < -0.3 is 29.7 Å². The Morgan fingerprint density at radius 1 is 1.13 bits per heavy atom. The Morgan fingerprint density at radius 2 is 1.93 bits per heavy atom. The molecule has 0 bridgehead atoms. The molecule has 1 aliphatic carbocycles. The fourth-order valence-electron chi connectivity index (χ4n) is 3.41. The van der Waals surface area contributed by atoms with Crippen LogP contribution in [0.25, 0.3) is 32.6 Å². The molecule has 0 radical (unpaired) electrons. The van der Waals surface area contributed by atoms with Gasteiger partial charge in [-0.2, -0.15) is 4.98 Å².